The molecule has 2 aromatic rings. The van der Waals surface area contributed by atoms with Gasteiger partial charge in [0.2, 0.25) is 6.39 Å². The van der Waals surface area contributed by atoms with Crippen molar-refractivity contribution in [2.45, 2.75) is 75.2 Å². The van der Waals surface area contributed by atoms with Crippen molar-refractivity contribution in [2.24, 2.45) is 5.92 Å². The summed E-state index contributed by atoms with van der Waals surface area (Å²) in [6.07, 6.45) is 6.11. The van der Waals surface area contributed by atoms with Crippen LogP contribution >= 0.6 is 0 Å². The molecule has 0 radical (unpaired) electrons. The van der Waals surface area contributed by atoms with E-state index in [1.807, 2.05) is 13.8 Å². The van der Waals surface area contributed by atoms with Gasteiger partial charge in [0, 0.05) is 11.6 Å². The molecule has 1 saturated carbocycles. The lowest BCUT2D eigenvalue weighted by molar-refractivity contribution is -0.0676. The molecule has 3 aliphatic heterocycles. The normalized spacial score (nSPS) is 29.3. The molecule has 190 valence electrons. The van der Waals surface area contributed by atoms with Crippen molar-refractivity contribution in [3.63, 3.8) is 0 Å². The predicted molar refractivity (Wildman–Crippen MR) is 127 cm³/mol. The Bertz CT molecular complexity index is 1020. The highest BCUT2D eigenvalue weighted by Gasteiger charge is 2.52. The largest absolute Gasteiger partial charge is 0.490 e. The van der Waals surface area contributed by atoms with Crippen molar-refractivity contribution in [3.8, 4) is 5.75 Å². The minimum atomic E-state index is -0.675. The first kappa shape index (κ1) is 23.2. The smallest absolute Gasteiger partial charge is 0.318 e. The van der Waals surface area contributed by atoms with E-state index >= 15 is 0 Å². The maximum absolute atomic E-state index is 14.2. The van der Waals surface area contributed by atoms with Gasteiger partial charge in [0.05, 0.1) is 31.4 Å². The molecule has 4 fully saturated rings. The van der Waals surface area contributed by atoms with E-state index in [1.54, 1.807) is 12.1 Å². The van der Waals surface area contributed by atoms with E-state index in [0.717, 1.165) is 76.2 Å². The van der Waals surface area contributed by atoms with Crippen LogP contribution in [0.15, 0.2) is 29.0 Å². The molecule has 35 heavy (non-hydrogen) atoms. The van der Waals surface area contributed by atoms with E-state index in [1.165, 1.54) is 12.5 Å². The summed E-state index contributed by atoms with van der Waals surface area (Å²) in [6.45, 7) is 8.00. The monoisotopic (exact) mass is 486 g/mol. The maximum Gasteiger partial charge on any atom is 0.318 e. The van der Waals surface area contributed by atoms with E-state index in [-0.39, 0.29) is 29.4 Å². The fourth-order valence-electron chi connectivity index (χ4n) is 6.30. The highest BCUT2D eigenvalue weighted by atomic mass is 19.1. The quantitative estimate of drug-likeness (QED) is 0.666. The summed E-state index contributed by atoms with van der Waals surface area (Å²) < 4.78 is 32.1. The minimum absolute atomic E-state index is 0.0942. The summed E-state index contributed by atoms with van der Waals surface area (Å²) in [7, 11) is 0. The van der Waals surface area contributed by atoms with Gasteiger partial charge in [-0.05, 0) is 89.1 Å². The molecule has 1 atom stereocenters. The van der Waals surface area contributed by atoms with Crippen LogP contribution in [0.5, 0.6) is 5.75 Å². The zero-order valence-electron chi connectivity index (χ0n) is 20.5. The summed E-state index contributed by atoms with van der Waals surface area (Å²) in [5.41, 5.74) is 0.208. The molecule has 1 spiro atoms. The molecule has 8 nitrogen and oxygen atoms in total. The molecular weight excluding hydrogens is 451 g/mol. The Morgan fingerprint density at radius 1 is 1.20 bits per heavy atom. The molecule has 0 unspecified atom stereocenters. The molecular formula is C26H35FN4O4. The van der Waals surface area contributed by atoms with Crippen LogP contribution in [0, 0.1) is 11.7 Å². The van der Waals surface area contributed by atoms with Crippen LogP contribution in [-0.2, 0) is 4.74 Å². The number of piperidine rings is 1. The van der Waals surface area contributed by atoms with Crippen molar-refractivity contribution in [1.29, 1.82) is 0 Å². The fraction of sp³-hybridized carbons (Fsp3) is 0.692. The van der Waals surface area contributed by atoms with Gasteiger partial charge < -0.3 is 23.9 Å². The topological polar surface area (TPSA) is 84.1 Å². The molecule has 6 rings (SSSR count). The first-order chi connectivity index (χ1) is 16.8. The first-order valence-electron chi connectivity index (χ1n) is 12.9. The van der Waals surface area contributed by atoms with Crippen molar-refractivity contribution >= 4 is 6.01 Å². The average molecular weight is 487 g/mol. The Morgan fingerprint density at radius 2 is 1.97 bits per heavy atom. The Morgan fingerprint density at radius 3 is 2.66 bits per heavy atom. The van der Waals surface area contributed by atoms with Gasteiger partial charge in [0.1, 0.15) is 17.2 Å². The van der Waals surface area contributed by atoms with Crippen molar-refractivity contribution in [2.75, 3.05) is 37.7 Å². The zero-order valence-corrected chi connectivity index (χ0v) is 20.5. The second-order valence-corrected chi connectivity index (χ2v) is 11.5. The van der Waals surface area contributed by atoms with Gasteiger partial charge in [-0.15, -0.1) is 5.10 Å². The van der Waals surface area contributed by atoms with Crippen LogP contribution in [0.25, 0.3) is 0 Å². The van der Waals surface area contributed by atoms with E-state index in [0.29, 0.717) is 12.1 Å². The number of benzene rings is 1. The molecule has 1 aliphatic carbocycles. The van der Waals surface area contributed by atoms with E-state index in [9.17, 15) is 9.50 Å². The SMILES string of the molecule is CC(C)(O)C1CC(Oc2ccc(F)cc2C2CCN([C@@H]3COC4(C3)CN(c3nnco3)C4)CC2)C1. The van der Waals surface area contributed by atoms with Crippen LogP contribution in [-0.4, -0.2) is 76.3 Å². The molecule has 1 aromatic carbocycles. The second-order valence-electron chi connectivity index (χ2n) is 11.5. The molecule has 0 amide bonds. The molecule has 1 N–H and O–H groups in total. The van der Waals surface area contributed by atoms with Gasteiger partial charge in [0.15, 0.2) is 0 Å². The molecule has 4 aliphatic rings. The average Bonchev–Trinajstić information content (AvgIpc) is 3.45. The number of rotatable bonds is 6. The number of aromatic nitrogens is 2. The van der Waals surface area contributed by atoms with Gasteiger partial charge in [-0.1, -0.05) is 5.10 Å². The lowest BCUT2D eigenvalue weighted by Gasteiger charge is -2.46. The Labute approximate surface area is 205 Å². The summed E-state index contributed by atoms with van der Waals surface area (Å²) in [5, 5.41) is 18.0. The molecule has 1 aromatic heterocycles. The van der Waals surface area contributed by atoms with Crippen molar-refractivity contribution in [3.05, 3.63) is 36.0 Å². The molecule has 0 bridgehead atoms. The lowest BCUT2D eigenvalue weighted by atomic mass is 9.72. The van der Waals surface area contributed by atoms with Gasteiger partial charge >= 0.3 is 6.01 Å². The number of ether oxygens (including phenoxy) is 2. The Hall–Kier alpha value is -2.23. The zero-order chi connectivity index (χ0) is 24.2. The molecule has 3 saturated heterocycles. The third-order valence-corrected chi connectivity index (χ3v) is 8.61. The Balaban J connectivity index is 1.03. The number of hydrogen-bond acceptors (Lipinski definition) is 8. The summed E-state index contributed by atoms with van der Waals surface area (Å²) in [4.78, 5) is 4.61. The summed E-state index contributed by atoms with van der Waals surface area (Å²) >= 11 is 0. The van der Waals surface area contributed by atoms with Gasteiger partial charge in [-0.25, -0.2) is 4.39 Å². The van der Waals surface area contributed by atoms with Crippen LogP contribution in [0.3, 0.4) is 0 Å². The van der Waals surface area contributed by atoms with Crippen LogP contribution in [0.2, 0.25) is 0 Å². The number of halogens is 1. The second kappa shape index (κ2) is 8.71. The number of likely N-dealkylation sites (tertiary alicyclic amines) is 1. The third kappa shape index (κ3) is 4.54. The van der Waals surface area contributed by atoms with Gasteiger partial charge in [0.25, 0.3) is 0 Å². The number of anilines is 1. The van der Waals surface area contributed by atoms with Crippen molar-refractivity contribution < 1.29 is 23.4 Å². The fourth-order valence-corrected chi connectivity index (χ4v) is 6.30. The number of aliphatic hydroxyl groups is 1. The van der Waals surface area contributed by atoms with E-state index < -0.39 is 5.60 Å². The van der Waals surface area contributed by atoms with Crippen LogP contribution in [0.1, 0.15) is 57.4 Å². The molecule has 9 heteroatoms. The minimum Gasteiger partial charge on any atom is -0.490 e. The van der Waals surface area contributed by atoms with Crippen LogP contribution < -0.4 is 9.64 Å². The Kier molecular flexibility index (Phi) is 5.77. The predicted octanol–water partition coefficient (Wildman–Crippen LogP) is 3.36. The van der Waals surface area contributed by atoms with Crippen LogP contribution in [0.4, 0.5) is 10.4 Å². The summed E-state index contributed by atoms with van der Waals surface area (Å²) in [5.74, 6) is 1.14. The third-order valence-electron chi connectivity index (χ3n) is 8.61. The van der Waals surface area contributed by atoms with Gasteiger partial charge in [-0.2, -0.15) is 0 Å². The van der Waals surface area contributed by atoms with Crippen molar-refractivity contribution in [1.82, 2.24) is 15.1 Å². The van der Waals surface area contributed by atoms with Gasteiger partial charge in [-0.3, -0.25) is 4.90 Å². The first-order valence-corrected chi connectivity index (χ1v) is 12.9. The summed E-state index contributed by atoms with van der Waals surface area (Å²) in [6, 6.07) is 5.92. The molecule has 4 heterocycles. The highest BCUT2D eigenvalue weighted by Crippen LogP contribution is 2.43. The number of hydrogen-bond donors (Lipinski definition) is 1. The lowest BCUT2D eigenvalue weighted by Crippen LogP contribution is -2.62. The van der Waals surface area contributed by atoms with E-state index in [2.05, 4.69) is 20.0 Å². The van der Waals surface area contributed by atoms with E-state index in [4.69, 9.17) is 13.9 Å². The highest BCUT2D eigenvalue weighted by molar-refractivity contribution is 5.38. The maximum atomic E-state index is 14.2. The standard InChI is InChI=1S/C26H35FN4O4/c1-25(2,32)18-9-21(10-18)35-23-4-3-19(27)11-22(23)17-5-7-30(8-6-17)20-12-26(34-13-20)14-31(15-26)24-29-28-16-33-24/h3-4,11,16-18,20-21,32H,5-10,12-15H2,1-2H3/t18?,20-,21?/m0/s1. The number of nitrogens with zero attached hydrogens (tertiary/aromatic N) is 4.